The lowest BCUT2D eigenvalue weighted by Gasteiger charge is -2.27. The van der Waals surface area contributed by atoms with E-state index in [1.807, 2.05) is 0 Å². The largest absolute Gasteiger partial charge is 0.480 e. The molecule has 190 valence electrons. The van der Waals surface area contributed by atoms with E-state index >= 15 is 0 Å². The number of primary amides is 1. The number of carbonyl (C=O) groups excluding carboxylic acids is 4. The summed E-state index contributed by atoms with van der Waals surface area (Å²) in [6.45, 7) is 4.59. The number of imidazole rings is 1. The summed E-state index contributed by atoms with van der Waals surface area (Å²) in [5.74, 6) is -4.84. The Morgan fingerprint density at radius 1 is 1.03 bits per heavy atom. The molecule has 4 amide bonds. The van der Waals surface area contributed by atoms with Crippen LogP contribution in [-0.2, 0) is 30.4 Å². The van der Waals surface area contributed by atoms with Gasteiger partial charge in [0.15, 0.2) is 0 Å². The van der Waals surface area contributed by atoms with Crippen LogP contribution in [0, 0.1) is 5.92 Å². The number of aromatic amines is 1. The number of amides is 4. The Kier molecular flexibility index (Phi) is 11.1. The third-order valence-corrected chi connectivity index (χ3v) is 4.98. The highest BCUT2D eigenvalue weighted by Gasteiger charge is 2.32. The number of H-pyrrole nitrogens is 1. The number of hydrogen-bond acceptors (Lipinski definition) is 8. The maximum absolute atomic E-state index is 13.0. The van der Waals surface area contributed by atoms with Crippen LogP contribution in [0.25, 0.3) is 0 Å². The summed E-state index contributed by atoms with van der Waals surface area (Å²) < 4.78 is 0. The van der Waals surface area contributed by atoms with E-state index < -0.39 is 65.8 Å². The van der Waals surface area contributed by atoms with Crippen molar-refractivity contribution in [2.75, 3.05) is 0 Å². The van der Waals surface area contributed by atoms with Crippen molar-refractivity contribution < 1.29 is 34.2 Å². The number of nitrogens with two attached hydrogens (primary N) is 2. The molecule has 1 aromatic heterocycles. The third-order valence-electron chi connectivity index (χ3n) is 4.98. The van der Waals surface area contributed by atoms with E-state index in [0.29, 0.717) is 5.69 Å². The lowest BCUT2D eigenvalue weighted by Crippen LogP contribution is -2.59. The van der Waals surface area contributed by atoms with E-state index in [-0.39, 0.29) is 19.3 Å². The van der Waals surface area contributed by atoms with Crippen LogP contribution in [0.5, 0.6) is 0 Å². The summed E-state index contributed by atoms with van der Waals surface area (Å²) in [5, 5.41) is 26.2. The summed E-state index contributed by atoms with van der Waals surface area (Å²) in [4.78, 5) is 67.2. The minimum Gasteiger partial charge on any atom is -0.480 e. The molecule has 5 unspecified atom stereocenters. The molecule has 0 saturated carbocycles. The second-order valence-electron chi connectivity index (χ2n) is 8.24. The Hall–Kier alpha value is -3.52. The molecule has 0 radical (unpaired) electrons. The van der Waals surface area contributed by atoms with Crippen LogP contribution in [0.1, 0.15) is 39.3 Å². The molecule has 0 aromatic carbocycles. The molecule has 0 aliphatic carbocycles. The SMILES string of the molecule is CC(C)C(NC(=O)C(Cc1cnc[nH]1)NC(=O)C(N)C(C)O)C(=O)NC(CCC(N)=O)C(=O)O. The van der Waals surface area contributed by atoms with Gasteiger partial charge in [0.2, 0.25) is 23.6 Å². The molecule has 1 rings (SSSR count). The maximum atomic E-state index is 13.0. The predicted molar refractivity (Wildman–Crippen MR) is 119 cm³/mol. The molecular formula is C20H33N7O7. The zero-order chi connectivity index (χ0) is 26.0. The molecule has 10 N–H and O–H groups in total. The van der Waals surface area contributed by atoms with Crippen molar-refractivity contribution in [3.63, 3.8) is 0 Å². The van der Waals surface area contributed by atoms with Gasteiger partial charge in [-0.3, -0.25) is 19.2 Å². The lowest BCUT2D eigenvalue weighted by atomic mass is 10.0. The van der Waals surface area contributed by atoms with Gasteiger partial charge in [-0.2, -0.15) is 0 Å². The number of rotatable bonds is 14. The molecule has 0 spiro atoms. The van der Waals surface area contributed by atoms with Gasteiger partial charge < -0.3 is 42.6 Å². The number of aromatic nitrogens is 2. The summed E-state index contributed by atoms with van der Waals surface area (Å²) in [6, 6.07) is -5.02. The monoisotopic (exact) mass is 483 g/mol. The fraction of sp³-hybridized carbons (Fsp3) is 0.600. The molecule has 0 saturated heterocycles. The molecule has 14 nitrogen and oxygen atoms in total. The number of hydrogen-bond donors (Lipinski definition) is 8. The number of aliphatic hydroxyl groups is 1. The van der Waals surface area contributed by atoms with Gasteiger partial charge in [0.1, 0.15) is 24.2 Å². The first kappa shape index (κ1) is 28.5. The smallest absolute Gasteiger partial charge is 0.326 e. The molecule has 1 heterocycles. The Bertz CT molecular complexity index is 857. The van der Waals surface area contributed by atoms with Crippen molar-refractivity contribution in [1.29, 1.82) is 0 Å². The highest BCUT2D eigenvalue weighted by molar-refractivity contribution is 5.94. The molecule has 5 atom stereocenters. The topological polar surface area (TPSA) is 243 Å². The van der Waals surface area contributed by atoms with E-state index in [9.17, 15) is 34.2 Å². The normalized spacial score (nSPS) is 15.5. The van der Waals surface area contributed by atoms with Gasteiger partial charge in [0, 0.05) is 24.7 Å². The van der Waals surface area contributed by atoms with Crippen molar-refractivity contribution in [2.45, 2.75) is 70.3 Å². The highest BCUT2D eigenvalue weighted by atomic mass is 16.4. The highest BCUT2D eigenvalue weighted by Crippen LogP contribution is 2.07. The number of aliphatic carboxylic acids is 1. The van der Waals surface area contributed by atoms with Crippen LogP contribution in [-0.4, -0.2) is 80.1 Å². The van der Waals surface area contributed by atoms with E-state index in [4.69, 9.17) is 11.5 Å². The zero-order valence-corrected chi connectivity index (χ0v) is 19.3. The summed E-state index contributed by atoms with van der Waals surface area (Å²) in [7, 11) is 0. The average Bonchev–Trinajstić information content (AvgIpc) is 3.25. The van der Waals surface area contributed by atoms with E-state index in [1.165, 1.54) is 19.4 Å². The Labute approximate surface area is 196 Å². The number of carboxylic acid groups (broad SMARTS) is 1. The maximum Gasteiger partial charge on any atom is 0.326 e. The van der Waals surface area contributed by atoms with Crippen LogP contribution in [0.4, 0.5) is 0 Å². The molecule has 0 aliphatic heterocycles. The van der Waals surface area contributed by atoms with Crippen LogP contribution in [0.2, 0.25) is 0 Å². The number of nitrogens with one attached hydrogen (secondary N) is 4. The number of carboxylic acids is 1. The number of carbonyl (C=O) groups is 5. The van der Waals surface area contributed by atoms with Gasteiger partial charge in [0.05, 0.1) is 12.4 Å². The van der Waals surface area contributed by atoms with Crippen molar-refractivity contribution in [2.24, 2.45) is 17.4 Å². The van der Waals surface area contributed by atoms with Gasteiger partial charge >= 0.3 is 5.97 Å². The lowest BCUT2D eigenvalue weighted by molar-refractivity contribution is -0.143. The van der Waals surface area contributed by atoms with Gasteiger partial charge in [-0.15, -0.1) is 0 Å². The summed E-state index contributed by atoms with van der Waals surface area (Å²) in [6.07, 6.45) is 1.17. The van der Waals surface area contributed by atoms with E-state index in [2.05, 4.69) is 25.9 Å². The Morgan fingerprint density at radius 2 is 1.65 bits per heavy atom. The van der Waals surface area contributed by atoms with Gasteiger partial charge in [0.25, 0.3) is 0 Å². The fourth-order valence-corrected chi connectivity index (χ4v) is 2.91. The standard InChI is InChI=1S/C20H33N7O7/c1-9(2)16(19(32)25-12(20(33)34)4-5-14(21)29)27-17(30)13(6-11-7-23-8-24-11)26-18(31)15(22)10(3)28/h7-10,12-13,15-16,28H,4-6,22H2,1-3H3,(H2,21,29)(H,23,24)(H,25,32)(H,26,31)(H,27,30)(H,33,34). The van der Waals surface area contributed by atoms with Crippen LogP contribution in [0.15, 0.2) is 12.5 Å². The van der Waals surface area contributed by atoms with Crippen molar-refractivity contribution >= 4 is 29.6 Å². The quantitative estimate of drug-likeness (QED) is 0.135. The Morgan fingerprint density at radius 3 is 2.12 bits per heavy atom. The molecule has 14 heteroatoms. The van der Waals surface area contributed by atoms with Crippen LogP contribution >= 0.6 is 0 Å². The predicted octanol–water partition coefficient (Wildman–Crippen LogP) is -2.88. The number of aliphatic hydroxyl groups excluding tert-OH is 1. The minimum atomic E-state index is -1.39. The van der Waals surface area contributed by atoms with Gasteiger partial charge in [-0.05, 0) is 19.3 Å². The molecule has 34 heavy (non-hydrogen) atoms. The first-order chi connectivity index (χ1) is 15.8. The van der Waals surface area contributed by atoms with Gasteiger partial charge in [-0.1, -0.05) is 13.8 Å². The molecule has 0 fully saturated rings. The van der Waals surface area contributed by atoms with E-state index in [0.717, 1.165) is 0 Å². The molecular weight excluding hydrogens is 450 g/mol. The first-order valence-electron chi connectivity index (χ1n) is 10.7. The third kappa shape index (κ3) is 9.15. The summed E-state index contributed by atoms with van der Waals surface area (Å²) >= 11 is 0. The van der Waals surface area contributed by atoms with Crippen molar-refractivity contribution in [1.82, 2.24) is 25.9 Å². The van der Waals surface area contributed by atoms with E-state index in [1.54, 1.807) is 13.8 Å². The second-order valence-corrected chi connectivity index (χ2v) is 8.24. The van der Waals surface area contributed by atoms with Gasteiger partial charge in [-0.25, -0.2) is 9.78 Å². The second kappa shape index (κ2) is 13.3. The average molecular weight is 484 g/mol. The van der Waals surface area contributed by atoms with Crippen LogP contribution in [0.3, 0.4) is 0 Å². The molecule has 1 aromatic rings. The minimum absolute atomic E-state index is 0.0209. The fourth-order valence-electron chi connectivity index (χ4n) is 2.91. The molecule has 0 bridgehead atoms. The number of nitrogens with zero attached hydrogens (tertiary/aromatic N) is 1. The molecule has 0 aliphatic rings. The van der Waals surface area contributed by atoms with Crippen LogP contribution < -0.4 is 27.4 Å². The zero-order valence-electron chi connectivity index (χ0n) is 19.3. The first-order valence-corrected chi connectivity index (χ1v) is 10.7. The summed E-state index contributed by atoms with van der Waals surface area (Å²) in [5.41, 5.74) is 11.2. The Balaban J connectivity index is 3.01. The van der Waals surface area contributed by atoms with Crippen molar-refractivity contribution in [3.8, 4) is 0 Å². The van der Waals surface area contributed by atoms with Crippen molar-refractivity contribution in [3.05, 3.63) is 18.2 Å².